The Hall–Kier alpha value is -4.33. The van der Waals surface area contributed by atoms with E-state index in [1.165, 1.54) is 15.3 Å². The summed E-state index contributed by atoms with van der Waals surface area (Å²) in [6, 6.07) is 21.9. The summed E-state index contributed by atoms with van der Waals surface area (Å²) in [5.74, 6) is 1.70. The van der Waals surface area contributed by atoms with Crippen LogP contribution in [-0.2, 0) is 17.9 Å². The van der Waals surface area contributed by atoms with E-state index in [1.54, 1.807) is 34.4 Å². The zero-order chi connectivity index (χ0) is 40.5. The number of para-hydroxylation sites is 1. The van der Waals surface area contributed by atoms with Crippen LogP contribution in [0.5, 0.6) is 0 Å². The van der Waals surface area contributed by atoms with Crippen molar-refractivity contribution in [1.82, 2.24) is 19.3 Å². The van der Waals surface area contributed by atoms with Crippen LogP contribution < -0.4 is 36.6 Å². The summed E-state index contributed by atoms with van der Waals surface area (Å²) in [5, 5.41) is 11.7. The molecule has 4 aromatic heterocycles. The van der Waals surface area contributed by atoms with Gasteiger partial charge in [-0.3, -0.25) is 23.7 Å². The van der Waals surface area contributed by atoms with E-state index in [2.05, 4.69) is 80.7 Å². The Kier molecular flexibility index (Phi) is 13.4. The van der Waals surface area contributed by atoms with E-state index in [0.717, 1.165) is 97.7 Å². The van der Waals surface area contributed by atoms with Crippen molar-refractivity contribution in [3.05, 3.63) is 136 Å². The van der Waals surface area contributed by atoms with Crippen LogP contribution in [0.3, 0.4) is 0 Å². The standard InChI is InChI=1S/C45H47ClN7O2S3.ClH/c1-6-52-38(58-41(43(52)55)45-50(5)36-18-11-12-19-37(36)57-45)26-33-16-13-15-25-51(33)24-14-9-7-8-10-17-34(54)27-35-42-49-48-30(4)53(42)44-39(28(2)29(3)56-44)40(47-35)31-20-22-32(46)23-21-31;/h11-13,15-16,18-23,25-26,35H,6-10,14,17,24,27H2,1-5H3;1H/q+1;/p-1/b45-41+;/t35-;/m0./s1. The lowest BCUT2D eigenvalue weighted by molar-refractivity contribution is -0.699. The number of thioether (sulfide) groups is 1. The van der Waals surface area contributed by atoms with Crippen LogP contribution in [0, 0.1) is 20.8 Å². The quantitative estimate of drug-likeness (QED) is 0.113. The first-order valence-electron chi connectivity index (χ1n) is 20.0. The van der Waals surface area contributed by atoms with Gasteiger partial charge >= 0.3 is 0 Å². The predicted octanol–water partition coefficient (Wildman–Crippen LogP) is 5.47. The number of carbonyl (C=O) groups excluding carboxylic acids is 1. The third kappa shape index (κ3) is 8.65. The number of pyridine rings is 1. The monoisotopic (exact) mass is 883 g/mol. The molecule has 2 aliphatic heterocycles. The van der Waals surface area contributed by atoms with Crippen LogP contribution in [0.1, 0.15) is 96.8 Å². The third-order valence-corrected chi connectivity index (χ3v) is 15.0. The number of aryl methyl sites for hydroxylation is 3. The Morgan fingerprint density at radius 2 is 1.68 bits per heavy atom. The van der Waals surface area contributed by atoms with Crippen molar-refractivity contribution >= 4 is 74.3 Å². The molecule has 0 N–H and O–H groups in total. The number of carbonyl (C=O) groups is 1. The highest BCUT2D eigenvalue weighted by molar-refractivity contribution is 8.08. The molecule has 306 valence electrons. The molecule has 0 radical (unpaired) electrons. The number of benzene rings is 2. The smallest absolute Gasteiger partial charge is 0.271 e. The lowest BCUT2D eigenvalue weighted by atomic mass is 9.99. The van der Waals surface area contributed by atoms with Crippen molar-refractivity contribution in [2.45, 2.75) is 96.7 Å². The average molecular weight is 885 g/mol. The van der Waals surface area contributed by atoms with Crippen LogP contribution in [0.2, 0.25) is 5.02 Å². The summed E-state index contributed by atoms with van der Waals surface area (Å²) in [7, 11) is 2.04. The van der Waals surface area contributed by atoms with Gasteiger partial charge in [0.25, 0.3) is 5.56 Å². The Morgan fingerprint density at radius 3 is 2.46 bits per heavy atom. The first kappa shape index (κ1) is 42.8. The molecule has 9 nitrogen and oxygen atoms in total. The molecule has 6 aromatic rings. The van der Waals surface area contributed by atoms with Gasteiger partial charge < -0.3 is 17.3 Å². The number of thiazole rings is 1. The topological polar surface area (TPSA) is 89.3 Å². The van der Waals surface area contributed by atoms with E-state index < -0.39 is 6.04 Å². The molecule has 14 heteroatoms. The number of Topliss-reactive ketones (excluding diaryl/α,β-unsaturated/α-hetero) is 1. The molecule has 0 aliphatic carbocycles. The minimum absolute atomic E-state index is 0. The Bertz CT molecular complexity index is 2730. The Labute approximate surface area is 368 Å². The average Bonchev–Trinajstić information content (AvgIpc) is 3.92. The molecule has 2 aliphatic rings. The summed E-state index contributed by atoms with van der Waals surface area (Å²) in [6.07, 6.45) is 10.1. The van der Waals surface area contributed by atoms with Crippen LogP contribution in [0.15, 0.2) is 87.6 Å². The third-order valence-electron chi connectivity index (χ3n) is 11.0. The molecule has 6 heterocycles. The molecule has 0 saturated carbocycles. The largest absolute Gasteiger partial charge is 1.00 e. The number of thiophene rings is 1. The first-order chi connectivity index (χ1) is 28.1. The lowest BCUT2D eigenvalue weighted by Crippen LogP contribution is -3.00. The highest BCUT2D eigenvalue weighted by Gasteiger charge is 2.32. The molecule has 0 spiro atoms. The van der Waals surface area contributed by atoms with Crippen LogP contribution in [0.25, 0.3) is 16.1 Å². The molecule has 59 heavy (non-hydrogen) atoms. The van der Waals surface area contributed by atoms with Gasteiger partial charge in [0.15, 0.2) is 12.0 Å². The van der Waals surface area contributed by atoms with E-state index in [0.29, 0.717) is 18.0 Å². The van der Waals surface area contributed by atoms with Crippen LogP contribution in [-0.4, -0.2) is 37.9 Å². The Morgan fingerprint density at radius 1 is 0.932 bits per heavy atom. The van der Waals surface area contributed by atoms with Gasteiger partial charge in [-0.2, -0.15) is 4.57 Å². The van der Waals surface area contributed by atoms with Crippen molar-refractivity contribution in [3.63, 3.8) is 0 Å². The minimum atomic E-state index is -0.431. The summed E-state index contributed by atoms with van der Waals surface area (Å²) < 4.78 is 8.00. The number of nitrogens with zero attached hydrogens (tertiary/aromatic N) is 7. The van der Waals surface area contributed by atoms with Gasteiger partial charge in [0.2, 0.25) is 5.69 Å². The number of anilines is 1. The van der Waals surface area contributed by atoms with E-state index in [4.69, 9.17) is 16.6 Å². The van der Waals surface area contributed by atoms with Gasteiger partial charge in [0.05, 0.1) is 11.4 Å². The number of fused-ring (bicyclic) bond motifs is 4. The van der Waals surface area contributed by atoms with E-state index in [9.17, 15) is 9.59 Å². The maximum Gasteiger partial charge on any atom is 0.271 e. The number of rotatable bonds is 13. The summed E-state index contributed by atoms with van der Waals surface area (Å²) in [4.78, 5) is 37.0. The first-order valence-corrected chi connectivity index (χ1v) is 22.8. The van der Waals surface area contributed by atoms with Gasteiger partial charge in [-0.15, -0.1) is 32.9 Å². The highest BCUT2D eigenvalue weighted by Crippen LogP contribution is 2.45. The number of aliphatic imine (C=N–C) groups is 1. The molecule has 0 saturated heterocycles. The van der Waals surface area contributed by atoms with Crippen LogP contribution in [0.4, 0.5) is 5.69 Å². The minimum Gasteiger partial charge on any atom is -1.00 e. The van der Waals surface area contributed by atoms with Gasteiger partial charge in [0.1, 0.15) is 43.4 Å². The number of unbranched alkanes of at least 4 members (excludes halogenated alkanes) is 4. The summed E-state index contributed by atoms with van der Waals surface area (Å²) in [5.41, 5.74) is 6.36. The zero-order valence-corrected chi connectivity index (χ0v) is 37.8. The van der Waals surface area contributed by atoms with E-state index >= 15 is 0 Å². The molecule has 0 bridgehead atoms. The van der Waals surface area contributed by atoms with Crippen molar-refractivity contribution in [2.75, 3.05) is 11.9 Å². The fourth-order valence-electron chi connectivity index (χ4n) is 7.80. The van der Waals surface area contributed by atoms with Gasteiger partial charge in [-0.05, 0) is 76.4 Å². The second-order valence-corrected chi connectivity index (χ2v) is 18.6. The van der Waals surface area contributed by atoms with Crippen molar-refractivity contribution in [2.24, 2.45) is 4.99 Å². The molecule has 0 amide bonds. The molecular weight excluding hydrogens is 838 g/mol. The molecule has 0 unspecified atom stereocenters. The molecule has 1 atom stereocenters. The molecule has 8 rings (SSSR count). The maximum absolute atomic E-state index is 13.7. The Balaban J connectivity index is 0.00000528. The summed E-state index contributed by atoms with van der Waals surface area (Å²) >= 11 is 11.2. The lowest BCUT2D eigenvalue weighted by Gasteiger charge is -2.12. The number of halogens is 2. The van der Waals surface area contributed by atoms with Crippen molar-refractivity contribution < 1.29 is 21.8 Å². The van der Waals surface area contributed by atoms with Gasteiger partial charge in [-0.25, -0.2) is 0 Å². The number of aromatic nitrogens is 5. The molecule has 0 fully saturated rings. The van der Waals surface area contributed by atoms with Crippen molar-refractivity contribution in [3.8, 4) is 5.00 Å². The second-order valence-electron chi connectivity index (χ2n) is 14.9. The number of hydrogen-bond acceptors (Lipinski definition) is 9. The molecular formula is C45H47Cl2N7O2S3. The van der Waals surface area contributed by atoms with E-state index in [1.807, 2.05) is 61.9 Å². The normalized spacial score (nSPS) is 15.7. The van der Waals surface area contributed by atoms with Crippen molar-refractivity contribution in [1.29, 1.82) is 0 Å². The van der Waals surface area contributed by atoms with E-state index in [-0.39, 0.29) is 30.2 Å². The summed E-state index contributed by atoms with van der Waals surface area (Å²) in [6.45, 7) is 9.75. The zero-order valence-electron chi connectivity index (χ0n) is 33.9. The predicted molar refractivity (Wildman–Crippen MR) is 238 cm³/mol. The second kappa shape index (κ2) is 18.5. The number of hydrogen-bond donors (Lipinski definition) is 0. The molecule has 2 aromatic carbocycles. The van der Waals surface area contributed by atoms with Gasteiger partial charge in [-0.1, -0.05) is 60.5 Å². The van der Waals surface area contributed by atoms with Gasteiger partial charge in [0, 0.05) is 77.0 Å². The SMILES string of the molecule is CCn1c(=O)/c(=C2\Sc3ccccc3N2C)s/c1=C\c1cccc[n+]1CCCCCCCC(=O)C[C@@H]1N=C(c2ccc(Cl)cc2)c2c(sc(C)c2C)-n2c(C)nnc21.[Cl-]. The fraction of sp³-hybridized carbons (Fsp3) is 0.333. The highest BCUT2D eigenvalue weighted by atomic mass is 35.5. The maximum atomic E-state index is 13.7. The van der Waals surface area contributed by atoms with Crippen LogP contribution >= 0.6 is 46.0 Å². The number of ketones is 1. The fourth-order valence-corrected chi connectivity index (χ4v) is 11.6.